The standard InChI is InChI=1S/C9H19N3O2/c1-4-5(2)7(10)9(14)12-6(3)8(11)13/h5-7H,4,10H2,1-3H3,(H2,11,13)(H,12,14)/t5-,6+,7-/m1/s1. The molecule has 2 amide bonds. The van der Waals surface area contributed by atoms with Gasteiger partial charge >= 0.3 is 0 Å². The molecule has 5 N–H and O–H groups in total. The summed E-state index contributed by atoms with van der Waals surface area (Å²) in [5, 5.41) is 2.46. The zero-order valence-electron chi connectivity index (χ0n) is 8.91. The lowest BCUT2D eigenvalue weighted by molar-refractivity contribution is -0.128. The van der Waals surface area contributed by atoms with Gasteiger partial charge in [-0.25, -0.2) is 0 Å². The summed E-state index contributed by atoms with van der Waals surface area (Å²) >= 11 is 0. The first-order chi connectivity index (χ1) is 6.40. The number of hydrogen-bond donors (Lipinski definition) is 3. The van der Waals surface area contributed by atoms with Crippen LogP contribution in [0.5, 0.6) is 0 Å². The summed E-state index contributed by atoms with van der Waals surface area (Å²) in [6, 6.07) is -1.25. The van der Waals surface area contributed by atoms with Crippen molar-refractivity contribution in [3.8, 4) is 0 Å². The number of primary amides is 1. The lowest BCUT2D eigenvalue weighted by Gasteiger charge is -2.19. The predicted molar refractivity (Wildman–Crippen MR) is 54.2 cm³/mol. The van der Waals surface area contributed by atoms with Crippen molar-refractivity contribution in [2.24, 2.45) is 17.4 Å². The number of rotatable bonds is 5. The van der Waals surface area contributed by atoms with Crippen molar-refractivity contribution in [1.82, 2.24) is 5.32 Å². The first-order valence-corrected chi connectivity index (χ1v) is 4.75. The Kier molecular flexibility index (Phi) is 5.15. The summed E-state index contributed by atoms with van der Waals surface area (Å²) in [4.78, 5) is 22.1. The minimum Gasteiger partial charge on any atom is -0.368 e. The molecule has 5 heteroatoms. The number of amides is 2. The Bertz CT molecular complexity index is 218. The van der Waals surface area contributed by atoms with E-state index in [9.17, 15) is 9.59 Å². The Morgan fingerprint density at radius 1 is 1.36 bits per heavy atom. The van der Waals surface area contributed by atoms with Gasteiger partial charge in [0, 0.05) is 0 Å². The molecule has 5 nitrogen and oxygen atoms in total. The van der Waals surface area contributed by atoms with Gasteiger partial charge in [0.2, 0.25) is 11.8 Å². The molecular weight excluding hydrogens is 182 g/mol. The van der Waals surface area contributed by atoms with Crippen molar-refractivity contribution in [3.05, 3.63) is 0 Å². The highest BCUT2D eigenvalue weighted by Gasteiger charge is 2.21. The van der Waals surface area contributed by atoms with Gasteiger partial charge in [0.1, 0.15) is 6.04 Å². The molecule has 0 aromatic heterocycles. The fourth-order valence-electron chi connectivity index (χ4n) is 0.893. The summed E-state index contributed by atoms with van der Waals surface area (Å²) < 4.78 is 0. The molecule has 3 atom stereocenters. The Hall–Kier alpha value is -1.10. The van der Waals surface area contributed by atoms with E-state index in [-0.39, 0.29) is 11.8 Å². The Morgan fingerprint density at radius 3 is 2.21 bits per heavy atom. The van der Waals surface area contributed by atoms with Crippen LogP contribution >= 0.6 is 0 Å². The monoisotopic (exact) mass is 201 g/mol. The molecule has 0 aromatic carbocycles. The van der Waals surface area contributed by atoms with E-state index in [0.29, 0.717) is 0 Å². The van der Waals surface area contributed by atoms with Gasteiger partial charge < -0.3 is 16.8 Å². The third-order valence-electron chi connectivity index (χ3n) is 2.35. The molecule has 0 saturated carbocycles. The molecule has 0 aliphatic carbocycles. The number of nitrogens with one attached hydrogen (secondary N) is 1. The highest BCUT2D eigenvalue weighted by Crippen LogP contribution is 2.05. The quantitative estimate of drug-likeness (QED) is 0.551. The van der Waals surface area contributed by atoms with Crippen LogP contribution in [0.15, 0.2) is 0 Å². The van der Waals surface area contributed by atoms with E-state index in [1.165, 1.54) is 6.92 Å². The summed E-state index contributed by atoms with van der Waals surface area (Å²) in [6.45, 7) is 5.37. The highest BCUT2D eigenvalue weighted by atomic mass is 16.2. The normalized spacial score (nSPS) is 16.9. The number of hydrogen-bond acceptors (Lipinski definition) is 3. The molecule has 0 unspecified atom stereocenters. The molecule has 0 radical (unpaired) electrons. The molecule has 0 aliphatic rings. The highest BCUT2D eigenvalue weighted by molar-refractivity contribution is 5.88. The zero-order chi connectivity index (χ0) is 11.3. The van der Waals surface area contributed by atoms with Crippen molar-refractivity contribution < 1.29 is 9.59 Å². The Morgan fingerprint density at radius 2 is 1.86 bits per heavy atom. The fourth-order valence-corrected chi connectivity index (χ4v) is 0.893. The summed E-state index contributed by atoms with van der Waals surface area (Å²) in [5.41, 5.74) is 10.7. The van der Waals surface area contributed by atoms with Gasteiger partial charge in [-0.1, -0.05) is 20.3 Å². The van der Waals surface area contributed by atoms with Gasteiger partial charge in [-0.05, 0) is 12.8 Å². The maximum Gasteiger partial charge on any atom is 0.239 e. The molecule has 82 valence electrons. The van der Waals surface area contributed by atoms with Crippen LogP contribution in [0.4, 0.5) is 0 Å². The summed E-state index contributed by atoms with van der Waals surface area (Å²) in [7, 11) is 0. The van der Waals surface area contributed by atoms with E-state index in [1.807, 2.05) is 13.8 Å². The van der Waals surface area contributed by atoms with Gasteiger partial charge in [-0.15, -0.1) is 0 Å². The van der Waals surface area contributed by atoms with Gasteiger partial charge in [0.05, 0.1) is 6.04 Å². The number of carbonyl (C=O) groups excluding carboxylic acids is 2. The van der Waals surface area contributed by atoms with Crippen LogP contribution in [-0.2, 0) is 9.59 Å². The number of carbonyl (C=O) groups is 2. The topological polar surface area (TPSA) is 98.2 Å². The van der Waals surface area contributed by atoms with E-state index >= 15 is 0 Å². The van der Waals surface area contributed by atoms with Crippen LogP contribution in [-0.4, -0.2) is 23.9 Å². The number of nitrogens with two attached hydrogens (primary N) is 2. The lowest BCUT2D eigenvalue weighted by atomic mass is 9.99. The molecule has 0 rings (SSSR count). The second kappa shape index (κ2) is 5.59. The fraction of sp³-hybridized carbons (Fsp3) is 0.778. The van der Waals surface area contributed by atoms with Crippen molar-refractivity contribution in [1.29, 1.82) is 0 Å². The SMILES string of the molecule is CC[C@@H](C)[C@@H](N)C(=O)N[C@@H](C)C(N)=O. The maximum atomic E-state index is 11.4. The first kappa shape index (κ1) is 12.9. The summed E-state index contributed by atoms with van der Waals surface area (Å²) in [6.07, 6.45) is 0.819. The van der Waals surface area contributed by atoms with Crippen LogP contribution in [0.1, 0.15) is 27.2 Å². The lowest BCUT2D eigenvalue weighted by Crippen LogP contribution is -2.51. The van der Waals surface area contributed by atoms with Crippen LogP contribution in [0, 0.1) is 5.92 Å². The van der Waals surface area contributed by atoms with Crippen LogP contribution in [0.3, 0.4) is 0 Å². The molecular formula is C9H19N3O2. The zero-order valence-corrected chi connectivity index (χ0v) is 8.91. The van der Waals surface area contributed by atoms with E-state index in [0.717, 1.165) is 6.42 Å². The second-order valence-corrected chi connectivity index (χ2v) is 3.54. The van der Waals surface area contributed by atoms with E-state index in [1.54, 1.807) is 0 Å². The largest absolute Gasteiger partial charge is 0.368 e. The van der Waals surface area contributed by atoms with Crippen LogP contribution in [0.2, 0.25) is 0 Å². The molecule has 14 heavy (non-hydrogen) atoms. The van der Waals surface area contributed by atoms with Gasteiger partial charge in [-0.2, -0.15) is 0 Å². The molecule has 0 aliphatic heterocycles. The van der Waals surface area contributed by atoms with Crippen molar-refractivity contribution >= 4 is 11.8 Å². The molecule has 0 bridgehead atoms. The second-order valence-electron chi connectivity index (χ2n) is 3.54. The minimum atomic E-state index is -0.669. The van der Waals surface area contributed by atoms with Crippen molar-refractivity contribution in [3.63, 3.8) is 0 Å². The first-order valence-electron chi connectivity index (χ1n) is 4.75. The van der Waals surface area contributed by atoms with Crippen LogP contribution < -0.4 is 16.8 Å². The van der Waals surface area contributed by atoms with E-state index < -0.39 is 18.0 Å². The van der Waals surface area contributed by atoms with Gasteiger partial charge in [0.25, 0.3) is 0 Å². The molecule has 0 saturated heterocycles. The van der Waals surface area contributed by atoms with Crippen molar-refractivity contribution in [2.45, 2.75) is 39.3 Å². The Balaban J connectivity index is 4.14. The van der Waals surface area contributed by atoms with Gasteiger partial charge in [0.15, 0.2) is 0 Å². The molecule has 0 fully saturated rings. The maximum absolute atomic E-state index is 11.4. The third-order valence-corrected chi connectivity index (χ3v) is 2.35. The average Bonchev–Trinajstić information content (AvgIpc) is 2.14. The van der Waals surface area contributed by atoms with Crippen molar-refractivity contribution in [2.75, 3.05) is 0 Å². The van der Waals surface area contributed by atoms with Crippen LogP contribution in [0.25, 0.3) is 0 Å². The average molecular weight is 201 g/mol. The minimum absolute atomic E-state index is 0.0927. The van der Waals surface area contributed by atoms with E-state index in [2.05, 4.69) is 5.32 Å². The smallest absolute Gasteiger partial charge is 0.239 e. The third kappa shape index (κ3) is 3.74. The summed E-state index contributed by atoms with van der Waals surface area (Å²) in [5.74, 6) is -0.796. The molecule has 0 aromatic rings. The van der Waals surface area contributed by atoms with E-state index in [4.69, 9.17) is 11.5 Å². The van der Waals surface area contributed by atoms with Gasteiger partial charge in [-0.3, -0.25) is 9.59 Å². The molecule has 0 heterocycles. The predicted octanol–water partition coefficient (Wildman–Crippen LogP) is -0.650. The Labute approximate surface area is 84.2 Å². The molecule has 0 spiro atoms.